The third-order valence-electron chi connectivity index (χ3n) is 5.90. The van der Waals surface area contributed by atoms with Gasteiger partial charge in [0.15, 0.2) is 11.5 Å². The predicted molar refractivity (Wildman–Crippen MR) is 114 cm³/mol. The summed E-state index contributed by atoms with van der Waals surface area (Å²) in [5.74, 6) is 1.40. The van der Waals surface area contributed by atoms with Gasteiger partial charge in [-0.25, -0.2) is 0 Å². The van der Waals surface area contributed by atoms with E-state index in [0.717, 1.165) is 50.0 Å². The molecule has 5 nitrogen and oxygen atoms in total. The molecular formula is C24H30N2O3. The van der Waals surface area contributed by atoms with Crippen molar-refractivity contribution >= 4 is 11.6 Å². The highest BCUT2D eigenvalue weighted by Gasteiger charge is 2.30. The zero-order valence-corrected chi connectivity index (χ0v) is 17.1. The zero-order valence-electron chi connectivity index (χ0n) is 17.1. The van der Waals surface area contributed by atoms with Crippen LogP contribution >= 0.6 is 0 Å². The van der Waals surface area contributed by atoms with Crippen molar-refractivity contribution in [3.05, 3.63) is 54.1 Å². The summed E-state index contributed by atoms with van der Waals surface area (Å²) in [6.45, 7) is 1.90. The number of anilines is 1. The fraction of sp³-hybridized carbons (Fsp3) is 0.458. The third kappa shape index (κ3) is 4.73. The smallest absolute Gasteiger partial charge is 0.246 e. The molecule has 2 aromatic carbocycles. The van der Waals surface area contributed by atoms with Crippen LogP contribution in [0.15, 0.2) is 48.5 Å². The second-order valence-corrected chi connectivity index (χ2v) is 7.94. The number of rotatable bonds is 7. The maximum Gasteiger partial charge on any atom is 0.246 e. The van der Waals surface area contributed by atoms with Crippen molar-refractivity contribution in [1.82, 2.24) is 4.90 Å². The van der Waals surface area contributed by atoms with Gasteiger partial charge in [-0.05, 0) is 69.3 Å². The Hall–Kier alpha value is -2.53. The van der Waals surface area contributed by atoms with E-state index in [9.17, 15) is 4.79 Å². The summed E-state index contributed by atoms with van der Waals surface area (Å²) in [5, 5.41) is 3.12. The molecule has 1 saturated carbocycles. The Kier molecular flexibility index (Phi) is 6.35. The van der Waals surface area contributed by atoms with E-state index in [2.05, 4.69) is 10.2 Å². The van der Waals surface area contributed by atoms with E-state index in [1.54, 1.807) is 7.11 Å². The Bertz CT molecular complexity index is 812. The number of nitrogens with one attached hydrogen (secondary N) is 1. The molecule has 1 atom stereocenters. The van der Waals surface area contributed by atoms with E-state index in [1.165, 1.54) is 12.8 Å². The minimum atomic E-state index is -0.278. The Morgan fingerprint density at radius 1 is 1.00 bits per heavy atom. The van der Waals surface area contributed by atoms with Crippen LogP contribution in [0, 0.1) is 0 Å². The average molecular weight is 395 g/mol. The van der Waals surface area contributed by atoms with Crippen LogP contribution in [0.25, 0.3) is 0 Å². The van der Waals surface area contributed by atoms with Crippen LogP contribution in [0.4, 0.5) is 5.69 Å². The summed E-state index contributed by atoms with van der Waals surface area (Å²) >= 11 is 0. The highest BCUT2D eigenvalue weighted by molar-refractivity contribution is 5.95. The molecule has 0 aromatic heterocycles. The Morgan fingerprint density at radius 2 is 1.72 bits per heavy atom. The van der Waals surface area contributed by atoms with Gasteiger partial charge in [0, 0.05) is 11.8 Å². The number of carbonyl (C=O) groups excluding carboxylic acids is 1. The first-order valence-electron chi connectivity index (χ1n) is 10.7. The second kappa shape index (κ2) is 9.31. The van der Waals surface area contributed by atoms with Gasteiger partial charge in [-0.2, -0.15) is 0 Å². The SMILES string of the molecule is COc1ccc(NC(=O)C(c2ccccc2)N2CCCC2)cc1OC1CCCC1. The lowest BCUT2D eigenvalue weighted by atomic mass is 10.0. The number of nitrogens with zero attached hydrogens (tertiary/aromatic N) is 1. The molecule has 1 amide bonds. The predicted octanol–water partition coefficient (Wildman–Crippen LogP) is 4.79. The van der Waals surface area contributed by atoms with Crippen LogP contribution in [0.3, 0.4) is 0 Å². The molecule has 0 bridgehead atoms. The Labute approximate surface area is 173 Å². The number of methoxy groups -OCH3 is 1. The van der Waals surface area contributed by atoms with Crippen molar-refractivity contribution in [2.75, 3.05) is 25.5 Å². The fourth-order valence-electron chi connectivity index (χ4n) is 4.41. The summed E-state index contributed by atoms with van der Waals surface area (Å²) in [5.41, 5.74) is 1.77. The van der Waals surface area contributed by atoms with Crippen molar-refractivity contribution < 1.29 is 14.3 Å². The molecule has 1 unspecified atom stereocenters. The minimum absolute atomic E-state index is 0.00455. The van der Waals surface area contributed by atoms with Gasteiger partial charge in [0.05, 0.1) is 13.2 Å². The molecule has 1 saturated heterocycles. The topological polar surface area (TPSA) is 50.8 Å². The molecule has 2 aliphatic rings. The van der Waals surface area contributed by atoms with Crippen molar-refractivity contribution in [2.45, 2.75) is 50.7 Å². The summed E-state index contributed by atoms with van der Waals surface area (Å²) in [6.07, 6.45) is 7.07. The minimum Gasteiger partial charge on any atom is -0.493 e. The van der Waals surface area contributed by atoms with E-state index in [1.807, 2.05) is 48.5 Å². The summed E-state index contributed by atoms with van der Waals surface area (Å²) in [4.78, 5) is 15.6. The normalized spacial score (nSPS) is 18.5. The molecule has 5 heteroatoms. The van der Waals surface area contributed by atoms with E-state index < -0.39 is 0 Å². The lowest BCUT2D eigenvalue weighted by Gasteiger charge is -2.27. The van der Waals surface area contributed by atoms with Crippen LogP contribution in [0.5, 0.6) is 11.5 Å². The van der Waals surface area contributed by atoms with Gasteiger partial charge in [0.2, 0.25) is 5.91 Å². The van der Waals surface area contributed by atoms with Crippen molar-refractivity contribution in [3.63, 3.8) is 0 Å². The van der Waals surface area contributed by atoms with Gasteiger partial charge in [0.25, 0.3) is 0 Å². The molecule has 29 heavy (non-hydrogen) atoms. The molecule has 1 aliphatic heterocycles. The lowest BCUT2D eigenvalue weighted by molar-refractivity contribution is -0.121. The molecule has 0 spiro atoms. The quantitative estimate of drug-likeness (QED) is 0.733. The summed E-state index contributed by atoms with van der Waals surface area (Å²) in [7, 11) is 1.65. The van der Waals surface area contributed by atoms with Crippen molar-refractivity contribution in [3.8, 4) is 11.5 Å². The number of carbonyl (C=O) groups is 1. The first-order chi connectivity index (χ1) is 14.2. The van der Waals surface area contributed by atoms with E-state index in [4.69, 9.17) is 9.47 Å². The molecule has 2 fully saturated rings. The zero-order chi connectivity index (χ0) is 20.1. The highest BCUT2D eigenvalue weighted by Crippen LogP contribution is 2.34. The monoisotopic (exact) mass is 394 g/mol. The molecule has 1 aliphatic carbocycles. The van der Waals surface area contributed by atoms with Crippen LogP contribution < -0.4 is 14.8 Å². The molecule has 0 radical (unpaired) electrons. The second-order valence-electron chi connectivity index (χ2n) is 7.94. The molecule has 2 aromatic rings. The first-order valence-corrected chi connectivity index (χ1v) is 10.7. The van der Waals surface area contributed by atoms with Crippen LogP contribution in [-0.4, -0.2) is 37.1 Å². The van der Waals surface area contributed by atoms with Gasteiger partial charge in [-0.1, -0.05) is 30.3 Å². The van der Waals surface area contributed by atoms with Crippen LogP contribution in [0.2, 0.25) is 0 Å². The molecule has 154 valence electrons. The number of likely N-dealkylation sites (tertiary alicyclic amines) is 1. The van der Waals surface area contributed by atoms with Gasteiger partial charge in [-0.15, -0.1) is 0 Å². The maximum atomic E-state index is 13.3. The fourth-order valence-corrected chi connectivity index (χ4v) is 4.41. The standard InChI is InChI=1S/C24H30N2O3/c1-28-21-14-13-19(17-22(21)29-20-11-5-6-12-20)25-24(27)23(26-15-7-8-16-26)18-9-3-2-4-10-18/h2-4,9-10,13-14,17,20,23H,5-8,11-12,15-16H2,1H3,(H,25,27). The first kappa shape index (κ1) is 19.8. The van der Waals surface area contributed by atoms with Crippen molar-refractivity contribution in [2.24, 2.45) is 0 Å². The van der Waals surface area contributed by atoms with E-state index in [-0.39, 0.29) is 18.1 Å². The number of hydrogen-bond donors (Lipinski definition) is 1. The largest absolute Gasteiger partial charge is 0.493 e. The highest BCUT2D eigenvalue weighted by atomic mass is 16.5. The maximum absolute atomic E-state index is 13.3. The van der Waals surface area contributed by atoms with Gasteiger partial charge >= 0.3 is 0 Å². The Balaban J connectivity index is 1.53. The van der Waals surface area contributed by atoms with Gasteiger partial charge in [-0.3, -0.25) is 9.69 Å². The van der Waals surface area contributed by atoms with E-state index >= 15 is 0 Å². The number of ether oxygens (including phenoxy) is 2. The summed E-state index contributed by atoms with van der Waals surface area (Å²) < 4.78 is 11.6. The third-order valence-corrected chi connectivity index (χ3v) is 5.90. The number of amides is 1. The Morgan fingerprint density at radius 3 is 2.41 bits per heavy atom. The molecule has 1 heterocycles. The lowest BCUT2D eigenvalue weighted by Crippen LogP contribution is -2.35. The van der Waals surface area contributed by atoms with Gasteiger partial charge in [0.1, 0.15) is 6.04 Å². The molecular weight excluding hydrogens is 364 g/mol. The van der Waals surface area contributed by atoms with Crippen LogP contribution in [0.1, 0.15) is 50.1 Å². The average Bonchev–Trinajstić information content (AvgIpc) is 3.44. The van der Waals surface area contributed by atoms with E-state index in [0.29, 0.717) is 11.5 Å². The number of hydrogen-bond acceptors (Lipinski definition) is 4. The van der Waals surface area contributed by atoms with Crippen molar-refractivity contribution in [1.29, 1.82) is 0 Å². The number of benzene rings is 2. The molecule has 4 rings (SSSR count). The van der Waals surface area contributed by atoms with Gasteiger partial charge < -0.3 is 14.8 Å². The molecule has 1 N–H and O–H groups in total. The van der Waals surface area contributed by atoms with Crippen LogP contribution in [-0.2, 0) is 4.79 Å². The summed E-state index contributed by atoms with van der Waals surface area (Å²) in [6, 6.07) is 15.4.